The van der Waals surface area contributed by atoms with Gasteiger partial charge in [-0.1, -0.05) is 107 Å². The molecule has 2 spiro atoms. The molecule has 278 valence electrons. The second-order valence-electron chi connectivity index (χ2n) is 20.4. The molecule has 1 nitrogen and oxygen atoms in total. The second kappa shape index (κ2) is 10.8. The molecular weight excluding hydrogens is 695 g/mol. The molecule has 2 heteroatoms. The number of nitrogens with zero attached hydrogens (tertiary/aromatic N) is 1. The summed E-state index contributed by atoms with van der Waals surface area (Å²) in [6, 6.07) is 42.8. The summed E-state index contributed by atoms with van der Waals surface area (Å²) in [5.41, 5.74) is 15.9. The van der Waals surface area contributed by atoms with Crippen LogP contribution in [0.5, 0.6) is 0 Å². The lowest BCUT2D eigenvalue weighted by Gasteiger charge is -2.76. The van der Waals surface area contributed by atoms with E-state index in [0.717, 1.165) is 30.1 Å². The Morgan fingerprint density at radius 1 is 0.661 bits per heavy atom. The molecule has 1 aromatic heterocycles. The van der Waals surface area contributed by atoms with E-state index in [-0.39, 0.29) is 16.2 Å². The van der Waals surface area contributed by atoms with Crippen LogP contribution in [0, 0.1) is 45.8 Å². The summed E-state index contributed by atoms with van der Waals surface area (Å²) in [4.78, 5) is 2.62. The smallest absolute Gasteiger partial charge is 0.0468 e. The molecular formula is C54H51NS. The van der Waals surface area contributed by atoms with Crippen molar-refractivity contribution in [3.8, 4) is 22.3 Å². The van der Waals surface area contributed by atoms with Crippen LogP contribution < -0.4 is 4.90 Å². The van der Waals surface area contributed by atoms with Crippen LogP contribution in [0.3, 0.4) is 0 Å². The lowest BCUT2D eigenvalue weighted by molar-refractivity contribution is -0.231. The van der Waals surface area contributed by atoms with Gasteiger partial charge in [0.05, 0.1) is 0 Å². The van der Waals surface area contributed by atoms with Gasteiger partial charge in [-0.3, -0.25) is 0 Å². The number of allylic oxidation sites excluding steroid dienone is 3. The van der Waals surface area contributed by atoms with Crippen molar-refractivity contribution in [2.24, 2.45) is 45.8 Å². The van der Waals surface area contributed by atoms with Crippen molar-refractivity contribution in [1.82, 2.24) is 0 Å². The molecule has 7 unspecified atom stereocenters. The van der Waals surface area contributed by atoms with Crippen molar-refractivity contribution >= 4 is 42.9 Å². The van der Waals surface area contributed by atoms with Gasteiger partial charge in [0, 0.05) is 42.7 Å². The van der Waals surface area contributed by atoms with E-state index in [4.69, 9.17) is 0 Å². The molecule has 13 rings (SSSR count). The highest BCUT2D eigenvalue weighted by molar-refractivity contribution is 7.25. The van der Waals surface area contributed by atoms with Gasteiger partial charge in [0.2, 0.25) is 0 Å². The van der Waals surface area contributed by atoms with Gasteiger partial charge in [-0.05, 0) is 172 Å². The minimum Gasteiger partial charge on any atom is -0.311 e. The molecule has 5 aromatic carbocycles. The third-order valence-corrected chi connectivity index (χ3v) is 18.4. The minimum atomic E-state index is 0.130. The number of benzene rings is 5. The normalized spacial score (nSPS) is 31.9. The van der Waals surface area contributed by atoms with Crippen molar-refractivity contribution < 1.29 is 0 Å². The summed E-state index contributed by atoms with van der Waals surface area (Å²) in [6.45, 7) is 10.0. The molecule has 5 fully saturated rings. The minimum absolute atomic E-state index is 0.130. The fourth-order valence-corrected chi connectivity index (χ4v) is 16.1. The van der Waals surface area contributed by atoms with Gasteiger partial charge in [0.15, 0.2) is 0 Å². The Morgan fingerprint density at radius 3 is 2.29 bits per heavy atom. The van der Waals surface area contributed by atoms with E-state index >= 15 is 0 Å². The van der Waals surface area contributed by atoms with Crippen molar-refractivity contribution in [3.63, 3.8) is 0 Å². The first-order chi connectivity index (χ1) is 27.2. The summed E-state index contributed by atoms with van der Waals surface area (Å²) in [6.07, 6.45) is 14.5. The maximum atomic E-state index is 2.62. The van der Waals surface area contributed by atoms with E-state index in [1.165, 1.54) is 98.0 Å². The quantitative estimate of drug-likeness (QED) is 0.174. The second-order valence-corrected chi connectivity index (χ2v) is 21.4. The van der Waals surface area contributed by atoms with Crippen LogP contribution >= 0.6 is 11.3 Å². The highest BCUT2D eigenvalue weighted by Gasteiger charge is 2.84. The third kappa shape index (κ3) is 3.84. The Kier molecular flexibility index (Phi) is 6.27. The first-order valence-corrected chi connectivity index (χ1v) is 22.5. The number of rotatable bonds is 4. The monoisotopic (exact) mass is 745 g/mol. The fourth-order valence-electron chi connectivity index (χ4n) is 15.1. The van der Waals surface area contributed by atoms with E-state index in [0.29, 0.717) is 11.3 Å². The number of hydrogen-bond donors (Lipinski definition) is 0. The van der Waals surface area contributed by atoms with Crippen LogP contribution in [-0.2, 0) is 5.41 Å². The molecule has 2 bridgehead atoms. The van der Waals surface area contributed by atoms with Crippen LogP contribution in [0.15, 0.2) is 133 Å². The molecule has 56 heavy (non-hydrogen) atoms. The number of thiophene rings is 1. The molecule has 1 heterocycles. The summed E-state index contributed by atoms with van der Waals surface area (Å²) >= 11 is 1.91. The van der Waals surface area contributed by atoms with Gasteiger partial charge in [-0.2, -0.15) is 0 Å². The fraction of sp³-hybridized carbons (Fsp3) is 0.370. The van der Waals surface area contributed by atoms with Crippen LogP contribution in [-0.4, -0.2) is 0 Å². The van der Waals surface area contributed by atoms with E-state index < -0.39 is 0 Å². The highest BCUT2D eigenvalue weighted by Crippen LogP contribution is 2.89. The summed E-state index contributed by atoms with van der Waals surface area (Å²) in [7, 11) is 0. The van der Waals surface area contributed by atoms with Crippen LogP contribution in [0.25, 0.3) is 42.4 Å². The molecule has 7 aliphatic carbocycles. The molecule has 7 atom stereocenters. The highest BCUT2D eigenvalue weighted by atomic mass is 32.1. The predicted octanol–water partition coefficient (Wildman–Crippen LogP) is 14.9. The van der Waals surface area contributed by atoms with Gasteiger partial charge in [0.1, 0.15) is 0 Å². The van der Waals surface area contributed by atoms with Gasteiger partial charge in [-0.25, -0.2) is 0 Å². The zero-order valence-electron chi connectivity index (χ0n) is 33.2. The van der Waals surface area contributed by atoms with Gasteiger partial charge >= 0.3 is 0 Å². The predicted molar refractivity (Wildman–Crippen MR) is 235 cm³/mol. The van der Waals surface area contributed by atoms with Gasteiger partial charge < -0.3 is 4.90 Å². The maximum absolute atomic E-state index is 2.62. The molecule has 0 radical (unpaired) electrons. The van der Waals surface area contributed by atoms with Crippen molar-refractivity contribution in [2.45, 2.75) is 78.1 Å². The Bertz CT molecular complexity index is 2740. The van der Waals surface area contributed by atoms with Crippen molar-refractivity contribution in [2.75, 3.05) is 4.90 Å². The standard InChI is InChI=1S/C54H51NS/c1-51(2)25-26-52(3,4)50-43(51)16-10-17-44(50)55(36-23-24-46-40(30-36)38-11-6-8-18-45(38)56-46)35-21-19-33(20-22-35)37-13-9-15-42-49(37)39-12-5-7-14-41(39)54(42)47-28-32-27-34-29-48(54)53(34,47)31-32/h5-15,17-24,30,32,34,43,47-48H,16,25-29,31H2,1-4H3. The van der Waals surface area contributed by atoms with Gasteiger partial charge in [-0.15, -0.1) is 11.3 Å². The Hall–Kier alpha value is -4.40. The molecule has 6 aromatic rings. The molecule has 0 saturated heterocycles. The average Bonchev–Trinajstić information content (AvgIpc) is 3.94. The number of fused-ring (bicyclic) bond motifs is 12. The lowest BCUT2D eigenvalue weighted by Crippen LogP contribution is -2.73. The van der Waals surface area contributed by atoms with Gasteiger partial charge in [0.25, 0.3) is 0 Å². The van der Waals surface area contributed by atoms with E-state index in [2.05, 4.69) is 154 Å². The number of anilines is 2. The van der Waals surface area contributed by atoms with Crippen LogP contribution in [0.2, 0.25) is 0 Å². The third-order valence-electron chi connectivity index (χ3n) is 17.3. The molecule has 0 amide bonds. The number of hydrogen-bond acceptors (Lipinski definition) is 2. The molecule has 0 aliphatic heterocycles. The molecule has 7 aliphatic rings. The van der Waals surface area contributed by atoms with E-state index in [1.807, 2.05) is 11.3 Å². The van der Waals surface area contributed by atoms with Crippen LogP contribution in [0.1, 0.15) is 83.8 Å². The first kappa shape index (κ1) is 32.7. The maximum Gasteiger partial charge on any atom is 0.0468 e. The van der Waals surface area contributed by atoms with Crippen molar-refractivity contribution in [1.29, 1.82) is 0 Å². The lowest BCUT2D eigenvalue weighted by atomic mass is 9.27. The average molecular weight is 746 g/mol. The van der Waals surface area contributed by atoms with Crippen molar-refractivity contribution in [3.05, 3.63) is 144 Å². The van der Waals surface area contributed by atoms with Crippen LogP contribution in [0.4, 0.5) is 11.4 Å². The van der Waals surface area contributed by atoms with E-state index in [1.54, 1.807) is 16.7 Å². The summed E-state index contributed by atoms with van der Waals surface area (Å²) < 4.78 is 2.72. The van der Waals surface area contributed by atoms with E-state index in [9.17, 15) is 0 Å². The Balaban J connectivity index is 0.973. The SMILES string of the molecule is CC1(C)CCC(C)(C)C2CC=CC(N(c3ccc(-c4cccc5c4-c4ccccc4C54C5CC6CC7CC4C75C6)cc3)c3ccc4sc5ccccc5c4c3)=C21. The topological polar surface area (TPSA) is 3.24 Å². The Labute approximate surface area is 336 Å². The molecule has 0 N–H and O–H groups in total. The Morgan fingerprint density at radius 2 is 1.41 bits per heavy atom. The summed E-state index contributed by atoms with van der Waals surface area (Å²) in [5, 5.41) is 2.71. The largest absolute Gasteiger partial charge is 0.311 e. The molecule has 5 saturated carbocycles. The zero-order valence-corrected chi connectivity index (χ0v) is 34.1. The first-order valence-electron chi connectivity index (χ1n) is 21.7. The zero-order chi connectivity index (χ0) is 37.3. The summed E-state index contributed by atoms with van der Waals surface area (Å²) in [5.74, 6) is 4.18.